The number of benzene rings is 2. The van der Waals surface area contributed by atoms with E-state index in [1.807, 2.05) is 36.4 Å². The van der Waals surface area contributed by atoms with E-state index in [9.17, 15) is 4.79 Å². The van der Waals surface area contributed by atoms with Crippen LogP contribution >= 0.6 is 0 Å². The van der Waals surface area contributed by atoms with Crippen LogP contribution in [0.25, 0.3) is 17.2 Å². The third-order valence-electron chi connectivity index (χ3n) is 3.05. The smallest absolute Gasteiger partial charge is 0.328 e. The molecule has 0 saturated heterocycles. The van der Waals surface area contributed by atoms with Gasteiger partial charge in [-0.2, -0.15) is 0 Å². The minimum absolute atomic E-state index is 0.611. The Morgan fingerprint density at radius 2 is 1.71 bits per heavy atom. The maximum absolute atomic E-state index is 10.7. The fourth-order valence-electron chi connectivity index (χ4n) is 2.15. The van der Waals surface area contributed by atoms with Crippen LogP contribution in [0, 0.1) is 0 Å². The van der Waals surface area contributed by atoms with Gasteiger partial charge in [0.25, 0.3) is 0 Å². The number of para-hydroxylation sites is 2. The Kier molecular flexibility index (Phi) is 4.61. The van der Waals surface area contributed by atoms with Crippen molar-refractivity contribution < 1.29 is 19.4 Å². The summed E-state index contributed by atoms with van der Waals surface area (Å²) in [7, 11) is 3.17. The molecular formula is C17H16O4. The molecule has 4 nitrogen and oxygen atoms in total. The summed E-state index contributed by atoms with van der Waals surface area (Å²) in [4.78, 5) is 10.7. The van der Waals surface area contributed by atoms with Crippen molar-refractivity contribution in [2.24, 2.45) is 0 Å². The minimum atomic E-state index is -1.00. The van der Waals surface area contributed by atoms with Gasteiger partial charge in [-0.3, -0.25) is 0 Å². The number of ether oxygens (including phenoxy) is 2. The van der Waals surface area contributed by atoms with E-state index in [-0.39, 0.29) is 0 Å². The Morgan fingerprint density at radius 1 is 1.00 bits per heavy atom. The molecule has 0 radical (unpaired) electrons. The molecule has 2 aromatic carbocycles. The first-order valence-corrected chi connectivity index (χ1v) is 6.38. The standard InChI is InChI=1S/C17H16O4/c1-20-15-9-4-3-7-13(15)14-8-5-6-12(17(14)21-2)10-11-16(18)19/h3-11H,1-2H3,(H,18,19)/b11-10+. The summed E-state index contributed by atoms with van der Waals surface area (Å²) in [6.45, 7) is 0. The lowest BCUT2D eigenvalue weighted by Crippen LogP contribution is -1.94. The fraction of sp³-hybridized carbons (Fsp3) is 0.118. The molecule has 0 heterocycles. The quantitative estimate of drug-likeness (QED) is 0.854. The first-order chi connectivity index (χ1) is 10.2. The summed E-state index contributed by atoms with van der Waals surface area (Å²) in [6, 6.07) is 13.2. The van der Waals surface area contributed by atoms with Gasteiger partial charge < -0.3 is 14.6 Å². The number of carbonyl (C=O) groups is 1. The van der Waals surface area contributed by atoms with Gasteiger partial charge in [0, 0.05) is 22.8 Å². The highest BCUT2D eigenvalue weighted by Gasteiger charge is 2.12. The lowest BCUT2D eigenvalue weighted by atomic mass is 10.00. The van der Waals surface area contributed by atoms with Gasteiger partial charge >= 0.3 is 5.97 Å². The molecule has 4 heteroatoms. The van der Waals surface area contributed by atoms with E-state index < -0.39 is 5.97 Å². The number of carboxylic acid groups (broad SMARTS) is 1. The predicted octanol–water partition coefficient (Wildman–Crippen LogP) is 3.47. The van der Waals surface area contributed by atoms with E-state index >= 15 is 0 Å². The van der Waals surface area contributed by atoms with Gasteiger partial charge in [0.2, 0.25) is 0 Å². The molecule has 0 aliphatic heterocycles. The molecule has 2 rings (SSSR count). The lowest BCUT2D eigenvalue weighted by molar-refractivity contribution is -0.131. The summed E-state index contributed by atoms with van der Waals surface area (Å²) >= 11 is 0. The van der Waals surface area contributed by atoms with Crippen LogP contribution in [0.5, 0.6) is 11.5 Å². The predicted molar refractivity (Wildman–Crippen MR) is 81.7 cm³/mol. The summed E-state index contributed by atoms with van der Waals surface area (Å²) in [5.74, 6) is 0.342. The topological polar surface area (TPSA) is 55.8 Å². The van der Waals surface area contributed by atoms with E-state index in [0.29, 0.717) is 11.3 Å². The third-order valence-corrected chi connectivity index (χ3v) is 3.05. The van der Waals surface area contributed by atoms with E-state index in [1.165, 1.54) is 6.08 Å². The molecule has 1 N–H and O–H groups in total. The number of methoxy groups -OCH3 is 2. The summed E-state index contributed by atoms with van der Waals surface area (Å²) < 4.78 is 10.8. The van der Waals surface area contributed by atoms with Gasteiger partial charge in [-0.05, 0) is 12.1 Å². The van der Waals surface area contributed by atoms with E-state index in [2.05, 4.69) is 0 Å². The Bertz CT molecular complexity index is 674. The van der Waals surface area contributed by atoms with Crippen LogP contribution in [0.15, 0.2) is 48.5 Å². The van der Waals surface area contributed by atoms with Crippen molar-refractivity contribution >= 4 is 12.0 Å². The van der Waals surface area contributed by atoms with Crippen LogP contribution < -0.4 is 9.47 Å². The molecule has 0 aliphatic rings. The van der Waals surface area contributed by atoms with E-state index in [4.69, 9.17) is 14.6 Å². The molecule has 0 amide bonds. The maximum Gasteiger partial charge on any atom is 0.328 e. The zero-order valence-corrected chi connectivity index (χ0v) is 11.9. The highest BCUT2D eigenvalue weighted by Crippen LogP contribution is 2.38. The van der Waals surface area contributed by atoms with Crippen LogP contribution in [0.1, 0.15) is 5.56 Å². The lowest BCUT2D eigenvalue weighted by Gasteiger charge is -2.14. The van der Waals surface area contributed by atoms with E-state index in [0.717, 1.165) is 23.0 Å². The highest BCUT2D eigenvalue weighted by molar-refractivity contribution is 5.88. The SMILES string of the molecule is COc1ccccc1-c1cccc(/C=C/C(=O)O)c1OC. The molecule has 0 aromatic heterocycles. The fourth-order valence-corrected chi connectivity index (χ4v) is 2.15. The molecule has 0 spiro atoms. The largest absolute Gasteiger partial charge is 0.496 e. The first kappa shape index (κ1) is 14.7. The number of hydrogen-bond donors (Lipinski definition) is 1. The molecule has 0 aliphatic carbocycles. The molecule has 0 unspecified atom stereocenters. The Labute approximate surface area is 123 Å². The Morgan fingerprint density at radius 3 is 2.38 bits per heavy atom. The van der Waals surface area contributed by atoms with Crippen molar-refractivity contribution in [3.63, 3.8) is 0 Å². The number of aliphatic carboxylic acids is 1. The minimum Gasteiger partial charge on any atom is -0.496 e. The Balaban J connectivity index is 2.59. The van der Waals surface area contributed by atoms with Gasteiger partial charge in [-0.25, -0.2) is 4.79 Å². The van der Waals surface area contributed by atoms with Crippen LogP contribution in [-0.4, -0.2) is 25.3 Å². The molecule has 0 bridgehead atoms. The van der Waals surface area contributed by atoms with Gasteiger partial charge in [-0.15, -0.1) is 0 Å². The van der Waals surface area contributed by atoms with Crippen molar-refractivity contribution in [3.05, 3.63) is 54.1 Å². The Hall–Kier alpha value is -2.75. The van der Waals surface area contributed by atoms with Crippen molar-refractivity contribution in [1.29, 1.82) is 0 Å². The van der Waals surface area contributed by atoms with Gasteiger partial charge in [0.1, 0.15) is 11.5 Å². The second-order valence-electron chi connectivity index (χ2n) is 4.30. The zero-order chi connectivity index (χ0) is 15.2. The number of carboxylic acids is 1. The zero-order valence-electron chi connectivity index (χ0n) is 11.9. The molecule has 2 aromatic rings. The van der Waals surface area contributed by atoms with Crippen LogP contribution in [-0.2, 0) is 4.79 Å². The number of rotatable bonds is 5. The van der Waals surface area contributed by atoms with E-state index in [1.54, 1.807) is 20.3 Å². The second kappa shape index (κ2) is 6.61. The molecule has 0 fully saturated rings. The molecule has 108 valence electrons. The summed E-state index contributed by atoms with van der Waals surface area (Å²) in [6.07, 6.45) is 2.60. The van der Waals surface area contributed by atoms with Gasteiger partial charge in [-0.1, -0.05) is 36.4 Å². The number of hydrogen-bond acceptors (Lipinski definition) is 3. The summed E-state index contributed by atoms with van der Waals surface area (Å²) in [5, 5.41) is 8.76. The monoisotopic (exact) mass is 284 g/mol. The molecule has 21 heavy (non-hydrogen) atoms. The van der Waals surface area contributed by atoms with Crippen molar-refractivity contribution in [3.8, 4) is 22.6 Å². The second-order valence-corrected chi connectivity index (χ2v) is 4.30. The van der Waals surface area contributed by atoms with Crippen molar-refractivity contribution in [2.75, 3.05) is 14.2 Å². The highest BCUT2D eigenvalue weighted by atomic mass is 16.5. The normalized spacial score (nSPS) is 10.6. The molecule has 0 atom stereocenters. The first-order valence-electron chi connectivity index (χ1n) is 6.38. The van der Waals surface area contributed by atoms with Crippen LogP contribution in [0.2, 0.25) is 0 Å². The summed E-state index contributed by atoms with van der Waals surface area (Å²) in [5.41, 5.74) is 2.44. The van der Waals surface area contributed by atoms with Crippen LogP contribution in [0.4, 0.5) is 0 Å². The molecular weight excluding hydrogens is 268 g/mol. The third kappa shape index (κ3) is 3.23. The van der Waals surface area contributed by atoms with Gasteiger partial charge in [0.05, 0.1) is 14.2 Å². The van der Waals surface area contributed by atoms with Crippen molar-refractivity contribution in [1.82, 2.24) is 0 Å². The average molecular weight is 284 g/mol. The van der Waals surface area contributed by atoms with Crippen LogP contribution in [0.3, 0.4) is 0 Å². The van der Waals surface area contributed by atoms with Crippen molar-refractivity contribution in [2.45, 2.75) is 0 Å². The van der Waals surface area contributed by atoms with Gasteiger partial charge in [0.15, 0.2) is 0 Å². The average Bonchev–Trinajstić information content (AvgIpc) is 2.52. The maximum atomic E-state index is 10.7. The molecule has 0 saturated carbocycles.